The molecule has 0 unspecified atom stereocenters. The Kier molecular flexibility index (Phi) is 3.39. The SMILES string of the molecule is O=C(O)c1nc(Cc2ccncc2)nc2c1CCNC2. The first-order chi connectivity index (χ1) is 9.74. The first-order valence-electron chi connectivity index (χ1n) is 6.45. The molecule has 0 spiro atoms. The van der Waals surface area contributed by atoms with Crippen molar-refractivity contribution in [3.8, 4) is 0 Å². The van der Waals surface area contributed by atoms with E-state index in [0.717, 1.165) is 23.4 Å². The van der Waals surface area contributed by atoms with E-state index in [-0.39, 0.29) is 5.69 Å². The molecule has 1 aliphatic rings. The number of carboxylic acid groups (broad SMARTS) is 1. The van der Waals surface area contributed by atoms with E-state index in [1.165, 1.54) is 0 Å². The molecule has 0 fully saturated rings. The minimum atomic E-state index is -0.985. The summed E-state index contributed by atoms with van der Waals surface area (Å²) in [5.41, 5.74) is 2.71. The minimum absolute atomic E-state index is 0.139. The van der Waals surface area contributed by atoms with Gasteiger partial charge in [-0.2, -0.15) is 0 Å². The average Bonchev–Trinajstić information content (AvgIpc) is 2.47. The van der Waals surface area contributed by atoms with Crippen molar-refractivity contribution >= 4 is 5.97 Å². The van der Waals surface area contributed by atoms with Crippen LogP contribution in [0.25, 0.3) is 0 Å². The Morgan fingerprint density at radius 3 is 2.85 bits per heavy atom. The van der Waals surface area contributed by atoms with Crippen LogP contribution in [0.5, 0.6) is 0 Å². The van der Waals surface area contributed by atoms with Crippen LogP contribution in [0.15, 0.2) is 24.5 Å². The lowest BCUT2D eigenvalue weighted by Crippen LogP contribution is -2.28. The number of carbonyl (C=O) groups is 1. The number of aromatic carboxylic acids is 1. The van der Waals surface area contributed by atoms with Gasteiger partial charge in [0.2, 0.25) is 0 Å². The summed E-state index contributed by atoms with van der Waals surface area (Å²) in [7, 11) is 0. The highest BCUT2D eigenvalue weighted by molar-refractivity contribution is 5.87. The highest BCUT2D eigenvalue weighted by Gasteiger charge is 2.21. The Labute approximate surface area is 115 Å². The molecule has 0 atom stereocenters. The van der Waals surface area contributed by atoms with Gasteiger partial charge in [0.15, 0.2) is 5.69 Å². The van der Waals surface area contributed by atoms with Crippen LogP contribution in [0.1, 0.15) is 33.1 Å². The largest absolute Gasteiger partial charge is 0.477 e. The van der Waals surface area contributed by atoms with Crippen LogP contribution < -0.4 is 5.32 Å². The summed E-state index contributed by atoms with van der Waals surface area (Å²) < 4.78 is 0. The van der Waals surface area contributed by atoms with Gasteiger partial charge in [-0.1, -0.05) is 0 Å². The second-order valence-electron chi connectivity index (χ2n) is 4.68. The van der Waals surface area contributed by atoms with E-state index in [4.69, 9.17) is 0 Å². The van der Waals surface area contributed by atoms with Crippen molar-refractivity contribution in [2.75, 3.05) is 6.54 Å². The number of aromatic nitrogens is 3. The summed E-state index contributed by atoms with van der Waals surface area (Å²) in [5, 5.41) is 12.5. The Hall–Kier alpha value is -2.34. The lowest BCUT2D eigenvalue weighted by Gasteiger charge is -2.18. The first kappa shape index (κ1) is 12.7. The number of fused-ring (bicyclic) bond motifs is 1. The molecule has 0 saturated carbocycles. The molecule has 6 nitrogen and oxygen atoms in total. The van der Waals surface area contributed by atoms with Crippen LogP contribution in [0.4, 0.5) is 0 Å². The first-order valence-corrected chi connectivity index (χ1v) is 6.45. The van der Waals surface area contributed by atoms with E-state index in [2.05, 4.69) is 20.3 Å². The van der Waals surface area contributed by atoms with E-state index in [0.29, 0.717) is 25.2 Å². The monoisotopic (exact) mass is 270 g/mol. The Morgan fingerprint density at radius 1 is 1.30 bits per heavy atom. The summed E-state index contributed by atoms with van der Waals surface area (Å²) in [4.78, 5) is 24.0. The number of carboxylic acids is 1. The highest BCUT2D eigenvalue weighted by Crippen LogP contribution is 2.17. The normalized spacial score (nSPS) is 13.8. The van der Waals surface area contributed by atoms with Gasteiger partial charge in [0.25, 0.3) is 0 Å². The molecule has 20 heavy (non-hydrogen) atoms. The van der Waals surface area contributed by atoms with Gasteiger partial charge < -0.3 is 10.4 Å². The Bertz CT molecular complexity index is 643. The van der Waals surface area contributed by atoms with E-state index in [9.17, 15) is 9.90 Å². The third-order valence-corrected chi connectivity index (χ3v) is 3.30. The summed E-state index contributed by atoms with van der Waals surface area (Å²) in [6.07, 6.45) is 4.57. The molecule has 0 aliphatic carbocycles. The zero-order valence-corrected chi connectivity index (χ0v) is 10.8. The number of hydrogen-bond acceptors (Lipinski definition) is 5. The summed E-state index contributed by atoms with van der Waals surface area (Å²) in [6.45, 7) is 1.36. The van der Waals surface area contributed by atoms with Crippen molar-refractivity contribution < 1.29 is 9.90 Å². The summed E-state index contributed by atoms with van der Waals surface area (Å²) >= 11 is 0. The lowest BCUT2D eigenvalue weighted by atomic mass is 10.0. The molecule has 2 aromatic heterocycles. The molecule has 1 aliphatic heterocycles. The van der Waals surface area contributed by atoms with E-state index in [1.54, 1.807) is 12.4 Å². The maximum atomic E-state index is 11.4. The summed E-state index contributed by atoms with van der Waals surface area (Å²) in [5.74, 6) is -0.447. The average molecular weight is 270 g/mol. The molecule has 0 saturated heterocycles. The van der Waals surface area contributed by atoms with E-state index in [1.807, 2.05) is 12.1 Å². The highest BCUT2D eigenvalue weighted by atomic mass is 16.4. The van der Waals surface area contributed by atoms with Crippen molar-refractivity contribution in [1.29, 1.82) is 0 Å². The zero-order chi connectivity index (χ0) is 13.9. The van der Waals surface area contributed by atoms with E-state index < -0.39 is 5.97 Å². The fourth-order valence-corrected chi connectivity index (χ4v) is 2.35. The molecule has 2 N–H and O–H groups in total. The molecule has 0 bridgehead atoms. The molecule has 0 aromatic carbocycles. The van der Waals surface area contributed by atoms with Crippen LogP contribution in [-0.4, -0.2) is 32.6 Å². The predicted molar refractivity (Wildman–Crippen MR) is 71.4 cm³/mol. The van der Waals surface area contributed by atoms with Crippen molar-refractivity contribution in [3.05, 3.63) is 52.9 Å². The number of nitrogens with one attached hydrogen (secondary N) is 1. The van der Waals surface area contributed by atoms with Gasteiger partial charge in [-0.15, -0.1) is 0 Å². The maximum Gasteiger partial charge on any atom is 0.354 e. The molecule has 2 aromatic rings. The van der Waals surface area contributed by atoms with E-state index >= 15 is 0 Å². The second kappa shape index (κ2) is 5.34. The van der Waals surface area contributed by atoms with Gasteiger partial charge in [-0.25, -0.2) is 14.8 Å². The van der Waals surface area contributed by atoms with Gasteiger partial charge in [0.05, 0.1) is 5.69 Å². The molecule has 3 rings (SSSR count). The number of nitrogens with zero attached hydrogens (tertiary/aromatic N) is 3. The fourth-order valence-electron chi connectivity index (χ4n) is 2.35. The van der Waals surface area contributed by atoms with Crippen LogP contribution >= 0.6 is 0 Å². The molecule has 0 radical (unpaired) electrons. The standard InChI is InChI=1S/C14H14N4O2/c19-14(20)13-10-3-6-16-8-11(10)17-12(18-13)7-9-1-4-15-5-2-9/h1-2,4-5,16H,3,6-8H2,(H,19,20). The van der Waals surface area contributed by atoms with Crippen molar-refractivity contribution in [1.82, 2.24) is 20.3 Å². The third kappa shape index (κ3) is 2.50. The van der Waals surface area contributed by atoms with Crippen LogP contribution in [0, 0.1) is 0 Å². The quantitative estimate of drug-likeness (QED) is 0.858. The summed E-state index contributed by atoms with van der Waals surface area (Å²) in [6, 6.07) is 3.75. The number of pyridine rings is 1. The Morgan fingerprint density at radius 2 is 2.10 bits per heavy atom. The second-order valence-corrected chi connectivity index (χ2v) is 4.68. The topological polar surface area (TPSA) is 88.0 Å². The fraction of sp³-hybridized carbons (Fsp3) is 0.286. The third-order valence-electron chi connectivity index (χ3n) is 3.30. The number of rotatable bonds is 3. The Balaban J connectivity index is 2.00. The van der Waals surface area contributed by atoms with Gasteiger partial charge in [0.1, 0.15) is 5.82 Å². The van der Waals surface area contributed by atoms with Crippen LogP contribution in [0.2, 0.25) is 0 Å². The molecular formula is C14H14N4O2. The van der Waals surface area contributed by atoms with Crippen LogP contribution in [-0.2, 0) is 19.4 Å². The predicted octanol–water partition coefficient (Wildman–Crippen LogP) is 0.806. The number of hydrogen-bond donors (Lipinski definition) is 2. The van der Waals surface area contributed by atoms with Crippen molar-refractivity contribution in [3.63, 3.8) is 0 Å². The lowest BCUT2D eigenvalue weighted by molar-refractivity contribution is 0.0688. The van der Waals surface area contributed by atoms with Gasteiger partial charge in [-0.3, -0.25) is 4.98 Å². The van der Waals surface area contributed by atoms with Crippen LogP contribution in [0.3, 0.4) is 0 Å². The van der Waals surface area contributed by atoms with Crippen molar-refractivity contribution in [2.45, 2.75) is 19.4 Å². The van der Waals surface area contributed by atoms with Crippen molar-refractivity contribution in [2.24, 2.45) is 0 Å². The minimum Gasteiger partial charge on any atom is -0.477 e. The molecule has 3 heterocycles. The smallest absolute Gasteiger partial charge is 0.354 e. The maximum absolute atomic E-state index is 11.4. The molecule has 0 amide bonds. The molecular weight excluding hydrogens is 256 g/mol. The van der Waals surface area contributed by atoms with Gasteiger partial charge >= 0.3 is 5.97 Å². The molecule has 6 heteroatoms. The van der Waals surface area contributed by atoms with Gasteiger partial charge in [0, 0.05) is 30.9 Å². The molecule has 102 valence electrons. The zero-order valence-electron chi connectivity index (χ0n) is 10.8. The van der Waals surface area contributed by atoms with Gasteiger partial charge in [-0.05, 0) is 30.7 Å².